The minimum Gasteiger partial charge on any atom is -0.361 e. The molecule has 1 aliphatic heterocycles. The molecule has 0 atom stereocenters. The van der Waals surface area contributed by atoms with Crippen molar-refractivity contribution in [2.45, 2.75) is 39.4 Å². The number of piperidine rings is 1. The topological polar surface area (TPSA) is 58.4 Å². The van der Waals surface area contributed by atoms with Crippen LogP contribution in [0.4, 0.5) is 13.2 Å². The van der Waals surface area contributed by atoms with Crippen LogP contribution >= 0.6 is 0 Å². The van der Waals surface area contributed by atoms with Gasteiger partial charge >= 0.3 is 6.18 Å². The van der Waals surface area contributed by atoms with Crippen molar-refractivity contribution >= 4 is 5.91 Å². The summed E-state index contributed by atoms with van der Waals surface area (Å²) >= 11 is 0. The number of hydrogen-bond acceptors (Lipinski definition) is 4. The fraction of sp³-hybridized carbons (Fsp3) is 0.714. The monoisotopic (exact) mass is 319 g/mol. The maximum Gasteiger partial charge on any atom is 0.405 e. The summed E-state index contributed by atoms with van der Waals surface area (Å²) in [6.07, 6.45) is -3.24. The molecule has 1 N–H and O–H groups in total. The number of hydrogen-bond donors (Lipinski definition) is 1. The second-order valence-electron chi connectivity index (χ2n) is 5.69. The van der Waals surface area contributed by atoms with E-state index >= 15 is 0 Å². The molecule has 1 amide bonds. The third-order valence-corrected chi connectivity index (χ3v) is 3.98. The average molecular weight is 319 g/mol. The molecule has 2 rings (SSSR count). The van der Waals surface area contributed by atoms with Crippen molar-refractivity contribution < 1.29 is 22.5 Å². The van der Waals surface area contributed by atoms with Gasteiger partial charge in [-0.3, -0.25) is 9.69 Å². The lowest BCUT2D eigenvalue weighted by molar-refractivity contribution is -0.141. The number of carbonyl (C=O) groups excluding carboxylic acids is 1. The number of nitrogens with zero attached hydrogens (tertiary/aromatic N) is 2. The van der Waals surface area contributed by atoms with Crippen molar-refractivity contribution in [2.24, 2.45) is 5.92 Å². The second kappa shape index (κ2) is 6.68. The summed E-state index contributed by atoms with van der Waals surface area (Å²) in [6, 6.07) is 0. The molecule has 1 aromatic rings. The zero-order valence-electron chi connectivity index (χ0n) is 12.7. The highest BCUT2D eigenvalue weighted by atomic mass is 19.4. The number of alkyl halides is 3. The van der Waals surface area contributed by atoms with E-state index in [-0.39, 0.29) is 5.92 Å². The number of aromatic nitrogens is 1. The Morgan fingerprint density at radius 1 is 1.36 bits per heavy atom. The fourth-order valence-electron chi connectivity index (χ4n) is 2.64. The Morgan fingerprint density at radius 2 is 2.00 bits per heavy atom. The molecule has 2 heterocycles. The van der Waals surface area contributed by atoms with Gasteiger partial charge in [0.15, 0.2) is 0 Å². The highest BCUT2D eigenvalue weighted by Gasteiger charge is 2.31. The minimum absolute atomic E-state index is 0.344. The average Bonchev–Trinajstić information content (AvgIpc) is 2.77. The Balaban J connectivity index is 1.79. The molecule has 0 unspecified atom stereocenters. The van der Waals surface area contributed by atoms with Gasteiger partial charge in [-0.15, -0.1) is 0 Å². The molecule has 1 fully saturated rings. The third-order valence-electron chi connectivity index (χ3n) is 3.98. The summed E-state index contributed by atoms with van der Waals surface area (Å²) in [5.41, 5.74) is 1.89. The van der Waals surface area contributed by atoms with Crippen LogP contribution in [-0.4, -0.2) is 41.8 Å². The van der Waals surface area contributed by atoms with Crippen LogP contribution in [-0.2, 0) is 11.3 Å². The number of likely N-dealkylation sites (tertiary alicyclic amines) is 1. The molecule has 0 aliphatic carbocycles. The summed E-state index contributed by atoms with van der Waals surface area (Å²) in [5, 5.41) is 5.86. The first-order valence-corrected chi connectivity index (χ1v) is 7.25. The summed E-state index contributed by atoms with van der Waals surface area (Å²) in [5.74, 6) is -0.0693. The first kappa shape index (κ1) is 16.8. The summed E-state index contributed by atoms with van der Waals surface area (Å²) in [6.45, 7) is 4.52. The van der Waals surface area contributed by atoms with Gasteiger partial charge in [0.2, 0.25) is 5.91 Å². The van der Waals surface area contributed by atoms with Gasteiger partial charge in [-0.2, -0.15) is 13.2 Å². The normalized spacial score (nSPS) is 17.7. The van der Waals surface area contributed by atoms with Crippen molar-refractivity contribution in [3.05, 3.63) is 17.0 Å². The lowest BCUT2D eigenvalue weighted by Crippen LogP contribution is -2.42. The lowest BCUT2D eigenvalue weighted by atomic mass is 9.95. The molecule has 0 bridgehead atoms. The number of nitrogens with one attached hydrogen (secondary N) is 1. The smallest absolute Gasteiger partial charge is 0.361 e. The van der Waals surface area contributed by atoms with E-state index in [0.717, 1.165) is 17.0 Å². The predicted octanol–water partition coefficient (Wildman–Crippen LogP) is 2.18. The number of rotatable bonds is 4. The standard InChI is InChI=1S/C14H20F3N3O2/c1-9-12(10(2)22-19-9)7-20-5-3-11(4-6-20)13(21)18-8-14(15,16)17/h11H,3-8H2,1-2H3,(H,18,21). The van der Waals surface area contributed by atoms with Crippen molar-refractivity contribution in [1.82, 2.24) is 15.4 Å². The number of aryl methyl sites for hydroxylation is 2. The van der Waals surface area contributed by atoms with E-state index in [1.807, 2.05) is 19.2 Å². The molecule has 1 saturated heterocycles. The summed E-state index contributed by atoms with van der Waals surface area (Å²) < 4.78 is 41.4. The maximum absolute atomic E-state index is 12.1. The maximum atomic E-state index is 12.1. The van der Waals surface area contributed by atoms with Crippen LogP contribution in [0.3, 0.4) is 0 Å². The molecular weight excluding hydrogens is 299 g/mol. The van der Waals surface area contributed by atoms with Gasteiger partial charge in [-0.25, -0.2) is 0 Å². The van der Waals surface area contributed by atoms with Crippen molar-refractivity contribution in [1.29, 1.82) is 0 Å². The molecule has 1 aliphatic rings. The van der Waals surface area contributed by atoms with E-state index < -0.39 is 18.6 Å². The molecule has 124 valence electrons. The van der Waals surface area contributed by atoms with Crippen LogP contribution in [0.5, 0.6) is 0 Å². The van der Waals surface area contributed by atoms with Crippen LogP contribution < -0.4 is 5.32 Å². The first-order valence-electron chi connectivity index (χ1n) is 7.25. The highest BCUT2D eigenvalue weighted by Crippen LogP contribution is 2.22. The van der Waals surface area contributed by atoms with Crippen LogP contribution in [0.15, 0.2) is 4.52 Å². The molecule has 22 heavy (non-hydrogen) atoms. The first-order chi connectivity index (χ1) is 10.3. The van der Waals surface area contributed by atoms with Crippen LogP contribution in [0, 0.1) is 19.8 Å². The predicted molar refractivity (Wildman–Crippen MR) is 73.0 cm³/mol. The van der Waals surface area contributed by atoms with Gasteiger partial charge < -0.3 is 9.84 Å². The van der Waals surface area contributed by atoms with Gasteiger partial charge in [0, 0.05) is 18.0 Å². The Hall–Kier alpha value is -1.57. The van der Waals surface area contributed by atoms with E-state index in [2.05, 4.69) is 10.1 Å². The molecule has 0 aromatic carbocycles. The Labute approximate surface area is 126 Å². The van der Waals surface area contributed by atoms with Gasteiger partial charge in [0.25, 0.3) is 0 Å². The molecule has 0 spiro atoms. The lowest BCUT2D eigenvalue weighted by Gasteiger charge is -2.31. The molecule has 8 heteroatoms. The minimum atomic E-state index is -4.36. The summed E-state index contributed by atoms with van der Waals surface area (Å²) in [7, 11) is 0. The van der Waals surface area contributed by atoms with E-state index in [9.17, 15) is 18.0 Å². The van der Waals surface area contributed by atoms with Crippen LogP contribution in [0.2, 0.25) is 0 Å². The Bertz CT molecular complexity index is 500. The zero-order chi connectivity index (χ0) is 16.3. The van der Waals surface area contributed by atoms with E-state index in [1.165, 1.54) is 0 Å². The van der Waals surface area contributed by atoms with Crippen molar-refractivity contribution in [2.75, 3.05) is 19.6 Å². The zero-order valence-corrected chi connectivity index (χ0v) is 12.7. The number of carbonyl (C=O) groups is 1. The van der Waals surface area contributed by atoms with Crippen LogP contribution in [0.25, 0.3) is 0 Å². The largest absolute Gasteiger partial charge is 0.405 e. The molecule has 5 nitrogen and oxygen atoms in total. The fourth-order valence-corrected chi connectivity index (χ4v) is 2.64. The van der Waals surface area contributed by atoms with Gasteiger partial charge in [-0.05, 0) is 39.8 Å². The summed E-state index contributed by atoms with van der Waals surface area (Å²) in [4.78, 5) is 13.9. The van der Waals surface area contributed by atoms with Gasteiger partial charge in [-0.1, -0.05) is 5.16 Å². The number of amides is 1. The quantitative estimate of drug-likeness (QED) is 0.924. The van der Waals surface area contributed by atoms with E-state index in [0.29, 0.717) is 32.5 Å². The van der Waals surface area contributed by atoms with Crippen molar-refractivity contribution in [3.63, 3.8) is 0 Å². The molecule has 0 radical (unpaired) electrons. The molecule has 0 saturated carbocycles. The Morgan fingerprint density at radius 3 is 2.50 bits per heavy atom. The van der Waals surface area contributed by atoms with Crippen LogP contribution in [0.1, 0.15) is 29.9 Å². The Kier molecular flexibility index (Phi) is 5.10. The van der Waals surface area contributed by atoms with E-state index in [4.69, 9.17) is 4.52 Å². The third kappa shape index (κ3) is 4.46. The molecular formula is C14H20F3N3O2. The van der Waals surface area contributed by atoms with Gasteiger partial charge in [0.05, 0.1) is 5.69 Å². The van der Waals surface area contributed by atoms with Gasteiger partial charge in [0.1, 0.15) is 12.3 Å². The SMILES string of the molecule is Cc1noc(C)c1CN1CCC(C(=O)NCC(F)(F)F)CC1. The number of halogens is 3. The molecule has 1 aromatic heterocycles. The second-order valence-corrected chi connectivity index (χ2v) is 5.69. The highest BCUT2D eigenvalue weighted by molar-refractivity contribution is 5.78. The van der Waals surface area contributed by atoms with E-state index in [1.54, 1.807) is 0 Å². The van der Waals surface area contributed by atoms with Crippen molar-refractivity contribution in [3.8, 4) is 0 Å².